The van der Waals surface area contributed by atoms with Gasteiger partial charge in [-0.2, -0.15) is 0 Å². The molecule has 0 N–H and O–H groups in total. The molecule has 0 unspecified atom stereocenters. The van der Waals surface area contributed by atoms with Crippen molar-refractivity contribution in [3.05, 3.63) is 35.9 Å². The van der Waals surface area contributed by atoms with Gasteiger partial charge in [0.15, 0.2) is 0 Å². The van der Waals surface area contributed by atoms with E-state index in [1.165, 1.54) is 0 Å². The number of esters is 1. The molecule has 1 aromatic rings. The molecule has 124 valence electrons. The molecule has 0 atom stereocenters. The predicted molar refractivity (Wildman–Crippen MR) is 85.1 cm³/mol. The van der Waals surface area contributed by atoms with E-state index in [4.69, 9.17) is 9.47 Å². The van der Waals surface area contributed by atoms with Crippen LogP contribution in [0, 0.1) is 5.41 Å². The molecule has 1 aromatic carbocycles. The smallest absolute Gasteiger partial charge is 0.410 e. The number of ether oxygens (including phenoxy) is 2. The summed E-state index contributed by atoms with van der Waals surface area (Å²) in [7, 11) is 0. The normalized spacial score (nSPS) is 19.7. The summed E-state index contributed by atoms with van der Waals surface area (Å²) < 4.78 is 10.9. The molecule has 1 heterocycles. The highest BCUT2D eigenvalue weighted by Gasteiger charge is 2.55. The maximum absolute atomic E-state index is 12.0. The van der Waals surface area contributed by atoms with Crippen LogP contribution in [0.1, 0.15) is 44.0 Å². The van der Waals surface area contributed by atoms with Crippen LogP contribution >= 0.6 is 0 Å². The second-order valence-electron chi connectivity index (χ2n) is 7.64. The third kappa shape index (κ3) is 3.49. The summed E-state index contributed by atoms with van der Waals surface area (Å²) in [6.45, 7) is 6.98. The van der Waals surface area contributed by atoms with E-state index in [2.05, 4.69) is 0 Å². The van der Waals surface area contributed by atoms with Crippen molar-refractivity contribution in [1.82, 2.24) is 4.90 Å². The van der Waals surface area contributed by atoms with E-state index in [-0.39, 0.29) is 23.6 Å². The van der Waals surface area contributed by atoms with Gasteiger partial charge in [-0.05, 0) is 45.7 Å². The van der Waals surface area contributed by atoms with Crippen LogP contribution in [0.25, 0.3) is 0 Å². The van der Waals surface area contributed by atoms with Gasteiger partial charge >= 0.3 is 12.1 Å². The lowest BCUT2D eigenvalue weighted by molar-refractivity contribution is -0.128. The Hall–Kier alpha value is -2.04. The number of amides is 1. The average Bonchev–Trinajstić information content (AvgIpc) is 2.38. The molecular formula is C18H23NO4. The molecule has 1 saturated heterocycles. The first kappa shape index (κ1) is 15.8. The fraction of sp³-hybridized carbons (Fsp3) is 0.556. The van der Waals surface area contributed by atoms with Gasteiger partial charge in [0, 0.05) is 18.5 Å². The van der Waals surface area contributed by atoms with Gasteiger partial charge in [0.2, 0.25) is 0 Å². The lowest BCUT2D eigenvalue weighted by Gasteiger charge is -2.57. The quantitative estimate of drug-likeness (QED) is 0.786. The highest BCUT2D eigenvalue weighted by Crippen LogP contribution is 2.50. The van der Waals surface area contributed by atoms with Gasteiger partial charge in [-0.15, -0.1) is 0 Å². The molecule has 1 aliphatic heterocycles. The lowest BCUT2D eigenvalue weighted by Crippen LogP contribution is -2.65. The average molecular weight is 317 g/mol. The summed E-state index contributed by atoms with van der Waals surface area (Å²) in [5.74, 6) is -0.270. The van der Waals surface area contributed by atoms with Gasteiger partial charge in [0.25, 0.3) is 0 Å². The van der Waals surface area contributed by atoms with Crippen LogP contribution in [-0.4, -0.2) is 41.8 Å². The molecule has 2 fully saturated rings. The number of rotatable bonds is 2. The second kappa shape index (κ2) is 5.55. The first-order chi connectivity index (χ1) is 10.8. The molecule has 1 aliphatic carbocycles. The first-order valence-corrected chi connectivity index (χ1v) is 8.00. The number of carbonyl (C=O) groups excluding carboxylic acids is 2. The molecule has 1 saturated carbocycles. The maximum Gasteiger partial charge on any atom is 0.410 e. The number of nitrogens with zero attached hydrogens (tertiary/aromatic N) is 1. The Kier molecular flexibility index (Phi) is 3.82. The third-order valence-electron chi connectivity index (χ3n) is 4.31. The Labute approximate surface area is 136 Å². The van der Waals surface area contributed by atoms with Crippen LogP contribution in [0.4, 0.5) is 4.79 Å². The zero-order valence-electron chi connectivity index (χ0n) is 13.9. The van der Waals surface area contributed by atoms with E-state index < -0.39 is 5.60 Å². The van der Waals surface area contributed by atoms with E-state index in [1.54, 1.807) is 17.0 Å². The molecule has 1 spiro atoms. The van der Waals surface area contributed by atoms with Crippen LogP contribution in [0.3, 0.4) is 0 Å². The number of hydrogen-bond acceptors (Lipinski definition) is 4. The van der Waals surface area contributed by atoms with Crippen molar-refractivity contribution in [1.29, 1.82) is 0 Å². The minimum absolute atomic E-state index is 0.0384. The van der Waals surface area contributed by atoms with Crippen molar-refractivity contribution < 1.29 is 19.1 Å². The largest absolute Gasteiger partial charge is 0.459 e. The molecule has 0 aromatic heterocycles. The van der Waals surface area contributed by atoms with Crippen LogP contribution in [0.15, 0.2) is 30.3 Å². The molecule has 5 nitrogen and oxygen atoms in total. The summed E-state index contributed by atoms with van der Waals surface area (Å²) >= 11 is 0. The molecule has 1 amide bonds. The van der Waals surface area contributed by atoms with Gasteiger partial charge in [-0.25, -0.2) is 9.59 Å². The number of likely N-dealkylation sites (tertiary alicyclic amines) is 1. The Morgan fingerprint density at radius 3 is 2.30 bits per heavy atom. The SMILES string of the molecule is CC(C)(C)OC(=O)N1CC2(CC(OC(=O)c3ccccc3)C2)C1. The number of carbonyl (C=O) groups is 2. The fourth-order valence-electron chi connectivity index (χ4n) is 3.26. The molecular weight excluding hydrogens is 294 g/mol. The van der Waals surface area contributed by atoms with Crippen molar-refractivity contribution in [2.24, 2.45) is 5.41 Å². The van der Waals surface area contributed by atoms with Crippen molar-refractivity contribution in [3.63, 3.8) is 0 Å². The second-order valence-corrected chi connectivity index (χ2v) is 7.64. The summed E-state index contributed by atoms with van der Waals surface area (Å²) in [6, 6.07) is 9.02. The van der Waals surface area contributed by atoms with Crippen LogP contribution in [-0.2, 0) is 9.47 Å². The van der Waals surface area contributed by atoms with E-state index >= 15 is 0 Å². The Balaban J connectivity index is 1.42. The Morgan fingerprint density at radius 1 is 1.13 bits per heavy atom. The maximum atomic E-state index is 12.0. The number of hydrogen-bond donors (Lipinski definition) is 0. The minimum Gasteiger partial charge on any atom is -0.459 e. The van der Waals surface area contributed by atoms with Crippen molar-refractivity contribution >= 4 is 12.1 Å². The molecule has 23 heavy (non-hydrogen) atoms. The summed E-state index contributed by atoms with van der Waals surface area (Å²) in [5.41, 5.74) is 0.239. The van der Waals surface area contributed by atoms with Crippen molar-refractivity contribution in [2.45, 2.75) is 45.3 Å². The molecule has 2 aliphatic rings. The van der Waals surface area contributed by atoms with Gasteiger partial charge in [0.1, 0.15) is 11.7 Å². The van der Waals surface area contributed by atoms with E-state index in [1.807, 2.05) is 39.0 Å². The summed E-state index contributed by atoms with van der Waals surface area (Å²) in [5, 5.41) is 0. The van der Waals surface area contributed by atoms with Crippen molar-refractivity contribution in [2.75, 3.05) is 13.1 Å². The highest BCUT2D eigenvalue weighted by atomic mass is 16.6. The summed E-state index contributed by atoms with van der Waals surface area (Å²) in [6.07, 6.45) is 1.35. The Bertz CT molecular complexity index is 591. The molecule has 0 radical (unpaired) electrons. The fourth-order valence-corrected chi connectivity index (χ4v) is 3.26. The Morgan fingerprint density at radius 2 is 1.74 bits per heavy atom. The summed E-state index contributed by atoms with van der Waals surface area (Å²) in [4.78, 5) is 25.6. The zero-order valence-corrected chi connectivity index (χ0v) is 13.9. The first-order valence-electron chi connectivity index (χ1n) is 8.00. The highest BCUT2D eigenvalue weighted by molar-refractivity contribution is 5.89. The van der Waals surface area contributed by atoms with Gasteiger partial charge in [0.05, 0.1) is 5.56 Å². The van der Waals surface area contributed by atoms with E-state index in [9.17, 15) is 9.59 Å². The zero-order chi connectivity index (χ0) is 16.7. The van der Waals surface area contributed by atoms with E-state index in [0.29, 0.717) is 18.7 Å². The van der Waals surface area contributed by atoms with E-state index in [0.717, 1.165) is 12.8 Å². The topological polar surface area (TPSA) is 55.8 Å². The van der Waals surface area contributed by atoms with Crippen LogP contribution in [0.5, 0.6) is 0 Å². The molecule has 0 bridgehead atoms. The van der Waals surface area contributed by atoms with Crippen LogP contribution in [0.2, 0.25) is 0 Å². The standard InChI is InChI=1S/C18H23NO4/c1-17(2,3)23-16(21)19-11-18(12-19)9-14(10-18)22-15(20)13-7-5-4-6-8-13/h4-8,14H,9-12H2,1-3H3. The van der Waals surface area contributed by atoms with Gasteiger partial charge < -0.3 is 14.4 Å². The van der Waals surface area contributed by atoms with Gasteiger partial charge in [-0.3, -0.25) is 0 Å². The minimum atomic E-state index is -0.465. The monoisotopic (exact) mass is 317 g/mol. The third-order valence-corrected chi connectivity index (χ3v) is 4.31. The molecule has 5 heteroatoms. The lowest BCUT2D eigenvalue weighted by atomic mass is 9.62. The van der Waals surface area contributed by atoms with Crippen LogP contribution < -0.4 is 0 Å². The predicted octanol–water partition coefficient (Wildman–Crippen LogP) is 3.24. The van der Waals surface area contributed by atoms with Gasteiger partial charge in [-0.1, -0.05) is 18.2 Å². The number of benzene rings is 1. The molecule has 3 rings (SSSR count). The van der Waals surface area contributed by atoms with Crippen molar-refractivity contribution in [3.8, 4) is 0 Å².